The van der Waals surface area contributed by atoms with E-state index in [2.05, 4.69) is 26.4 Å². The standard InChI is InChI=1S/C28H28N6O3/c1-28(2,36)18-37-23-12-24(26-21(13-29)15-31-34(26)17-23)19-8-9-25(30-14-19)33-11-10-20(16-33)27(35)32-22-6-4-3-5-7-22/h3-9,12,14-15,17,20,36H,10-11,16,18H2,1-2H3,(H,32,35). The molecule has 1 aliphatic heterocycles. The minimum atomic E-state index is -0.994. The smallest absolute Gasteiger partial charge is 0.229 e. The number of hydrogen-bond acceptors (Lipinski definition) is 7. The summed E-state index contributed by atoms with van der Waals surface area (Å²) in [5.41, 5.74) is 2.46. The predicted molar refractivity (Wildman–Crippen MR) is 140 cm³/mol. The number of nitrogens with one attached hydrogen (secondary N) is 1. The molecule has 1 atom stereocenters. The van der Waals surface area contributed by atoms with Crippen molar-refractivity contribution in [1.29, 1.82) is 5.26 Å². The van der Waals surface area contributed by atoms with Gasteiger partial charge in [0.2, 0.25) is 5.91 Å². The molecule has 1 aromatic carbocycles. The van der Waals surface area contributed by atoms with Crippen LogP contribution >= 0.6 is 0 Å². The van der Waals surface area contributed by atoms with E-state index < -0.39 is 5.60 Å². The summed E-state index contributed by atoms with van der Waals surface area (Å²) in [6.07, 6.45) is 5.73. The van der Waals surface area contributed by atoms with Crippen LogP contribution in [0.1, 0.15) is 25.8 Å². The number of amides is 1. The van der Waals surface area contributed by atoms with Crippen molar-refractivity contribution in [3.63, 3.8) is 0 Å². The number of nitrogens with zero attached hydrogens (tertiary/aromatic N) is 5. The second-order valence-electron chi connectivity index (χ2n) is 9.85. The Morgan fingerprint density at radius 1 is 1.24 bits per heavy atom. The Morgan fingerprint density at radius 2 is 2.05 bits per heavy atom. The second-order valence-corrected chi connectivity index (χ2v) is 9.85. The summed E-state index contributed by atoms with van der Waals surface area (Å²) in [6, 6.07) is 17.4. The molecular weight excluding hydrogens is 468 g/mol. The van der Waals surface area contributed by atoms with E-state index in [1.54, 1.807) is 30.8 Å². The maximum absolute atomic E-state index is 12.7. The largest absolute Gasteiger partial charge is 0.489 e. The number of benzene rings is 1. The lowest BCUT2D eigenvalue weighted by Gasteiger charge is -2.19. The summed E-state index contributed by atoms with van der Waals surface area (Å²) in [6.45, 7) is 4.78. The first-order chi connectivity index (χ1) is 17.8. The van der Waals surface area contributed by atoms with Crippen LogP contribution in [0.5, 0.6) is 5.75 Å². The van der Waals surface area contributed by atoms with Crippen molar-refractivity contribution < 1.29 is 14.6 Å². The Hall–Kier alpha value is -4.42. The molecule has 3 aromatic heterocycles. The summed E-state index contributed by atoms with van der Waals surface area (Å²) in [5.74, 6) is 1.21. The number of nitriles is 1. The molecule has 1 unspecified atom stereocenters. The Morgan fingerprint density at radius 3 is 2.76 bits per heavy atom. The van der Waals surface area contributed by atoms with E-state index in [4.69, 9.17) is 4.74 Å². The molecule has 37 heavy (non-hydrogen) atoms. The van der Waals surface area contributed by atoms with Gasteiger partial charge in [0, 0.05) is 36.1 Å². The molecule has 0 saturated carbocycles. The van der Waals surface area contributed by atoms with Crippen LogP contribution in [-0.2, 0) is 4.79 Å². The van der Waals surface area contributed by atoms with Crippen molar-refractivity contribution in [2.75, 3.05) is 29.9 Å². The Labute approximate surface area is 214 Å². The van der Waals surface area contributed by atoms with Crippen molar-refractivity contribution in [2.24, 2.45) is 5.92 Å². The molecule has 9 heteroatoms. The number of para-hydroxylation sites is 1. The van der Waals surface area contributed by atoms with Gasteiger partial charge in [0.15, 0.2) is 0 Å². The van der Waals surface area contributed by atoms with Gasteiger partial charge in [-0.25, -0.2) is 9.50 Å². The van der Waals surface area contributed by atoms with Gasteiger partial charge >= 0.3 is 0 Å². The summed E-state index contributed by atoms with van der Waals surface area (Å²) >= 11 is 0. The number of ether oxygens (including phenoxy) is 1. The highest BCUT2D eigenvalue weighted by atomic mass is 16.5. The molecule has 9 nitrogen and oxygen atoms in total. The van der Waals surface area contributed by atoms with E-state index in [0.717, 1.165) is 35.6 Å². The average molecular weight is 497 g/mol. The Balaban J connectivity index is 1.35. The predicted octanol–water partition coefficient (Wildman–Crippen LogP) is 3.88. The van der Waals surface area contributed by atoms with Crippen LogP contribution in [0, 0.1) is 17.2 Å². The minimum Gasteiger partial charge on any atom is -0.489 e. The van der Waals surface area contributed by atoms with Gasteiger partial charge in [-0.15, -0.1) is 0 Å². The van der Waals surface area contributed by atoms with Crippen LogP contribution in [0.3, 0.4) is 0 Å². The van der Waals surface area contributed by atoms with Crippen LogP contribution in [0.4, 0.5) is 11.5 Å². The quantitative estimate of drug-likeness (QED) is 0.399. The summed E-state index contributed by atoms with van der Waals surface area (Å²) in [7, 11) is 0. The number of fused-ring (bicyclic) bond motifs is 1. The van der Waals surface area contributed by atoms with Crippen molar-refractivity contribution in [2.45, 2.75) is 25.9 Å². The van der Waals surface area contributed by atoms with Crippen LogP contribution in [0.2, 0.25) is 0 Å². The molecule has 0 aliphatic carbocycles. The Bertz CT molecular complexity index is 1450. The molecule has 5 rings (SSSR count). The molecule has 1 amide bonds. The lowest BCUT2D eigenvalue weighted by Crippen LogP contribution is -2.28. The zero-order chi connectivity index (χ0) is 26.0. The van der Waals surface area contributed by atoms with Gasteiger partial charge in [-0.2, -0.15) is 10.4 Å². The summed E-state index contributed by atoms with van der Waals surface area (Å²) in [4.78, 5) is 19.5. The third kappa shape index (κ3) is 5.39. The van der Waals surface area contributed by atoms with Gasteiger partial charge in [-0.05, 0) is 50.6 Å². The Kier molecular flexibility index (Phi) is 6.51. The van der Waals surface area contributed by atoms with E-state index in [0.29, 0.717) is 23.4 Å². The van der Waals surface area contributed by atoms with Gasteiger partial charge in [0.1, 0.15) is 24.2 Å². The third-order valence-corrected chi connectivity index (χ3v) is 6.28. The fourth-order valence-corrected chi connectivity index (χ4v) is 4.42. The topological polar surface area (TPSA) is 116 Å². The molecule has 0 radical (unpaired) electrons. The van der Waals surface area contributed by atoms with Crippen molar-refractivity contribution >= 4 is 22.9 Å². The first kappa shape index (κ1) is 24.3. The van der Waals surface area contributed by atoms with Crippen LogP contribution < -0.4 is 15.0 Å². The van der Waals surface area contributed by atoms with E-state index in [-0.39, 0.29) is 18.4 Å². The first-order valence-corrected chi connectivity index (χ1v) is 12.1. The number of hydrogen-bond donors (Lipinski definition) is 2. The van der Waals surface area contributed by atoms with Crippen molar-refractivity contribution in [1.82, 2.24) is 14.6 Å². The molecule has 2 N–H and O–H groups in total. The van der Waals surface area contributed by atoms with E-state index in [1.165, 1.54) is 6.20 Å². The fraction of sp³-hybridized carbons (Fsp3) is 0.286. The molecule has 1 aliphatic rings. The lowest BCUT2D eigenvalue weighted by molar-refractivity contribution is -0.119. The van der Waals surface area contributed by atoms with E-state index >= 15 is 0 Å². The molecule has 0 spiro atoms. The van der Waals surface area contributed by atoms with Crippen molar-refractivity contribution in [3.8, 4) is 22.9 Å². The number of carbonyl (C=O) groups excluding carboxylic acids is 1. The zero-order valence-corrected chi connectivity index (χ0v) is 20.8. The SMILES string of the molecule is CC(C)(O)COc1cc(-c2ccc(N3CCC(C(=O)Nc4ccccc4)C3)nc2)c2c(C#N)cnn2c1. The highest BCUT2D eigenvalue weighted by molar-refractivity contribution is 5.93. The highest BCUT2D eigenvalue weighted by Gasteiger charge is 2.29. The first-order valence-electron chi connectivity index (χ1n) is 12.1. The van der Waals surface area contributed by atoms with Gasteiger partial charge < -0.3 is 20.1 Å². The molecule has 4 heterocycles. The van der Waals surface area contributed by atoms with E-state index in [9.17, 15) is 15.2 Å². The summed E-state index contributed by atoms with van der Waals surface area (Å²) < 4.78 is 7.41. The second kappa shape index (κ2) is 9.91. The number of carbonyl (C=O) groups is 1. The molecule has 4 aromatic rings. The molecular formula is C28H28N6O3. The number of aliphatic hydroxyl groups is 1. The minimum absolute atomic E-state index is 0.0142. The normalized spacial score (nSPS) is 15.5. The van der Waals surface area contributed by atoms with E-state index in [1.807, 2.05) is 48.5 Å². The molecule has 188 valence electrons. The van der Waals surface area contributed by atoms with Gasteiger partial charge in [-0.1, -0.05) is 18.2 Å². The van der Waals surface area contributed by atoms with Gasteiger partial charge in [0.25, 0.3) is 0 Å². The number of pyridine rings is 2. The highest BCUT2D eigenvalue weighted by Crippen LogP contribution is 2.32. The summed E-state index contributed by atoms with van der Waals surface area (Å²) in [5, 5.41) is 26.9. The fourth-order valence-electron chi connectivity index (χ4n) is 4.42. The number of rotatable bonds is 7. The monoisotopic (exact) mass is 496 g/mol. The van der Waals surface area contributed by atoms with Crippen LogP contribution in [0.25, 0.3) is 16.6 Å². The molecule has 1 fully saturated rings. The third-order valence-electron chi connectivity index (χ3n) is 6.28. The van der Waals surface area contributed by atoms with Crippen LogP contribution in [0.15, 0.2) is 67.1 Å². The lowest BCUT2D eigenvalue weighted by atomic mass is 10.1. The molecule has 1 saturated heterocycles. The molecule has 0 bridgehead atoms. The number of anilines is 2. The van der Waals surface area contributed by atoms with Gasteiger partial charge in [-0.3, -0.25) is 4.79 Å². The zero-order valence-electron chi connectivity index (χ0n) is 20.8. The number of aromatic nitrogens is 3. The maximum Gasteiger partial charge on any atom is 0.229 e. The average Bonchev–Trinajstić information content (AvgIpc) is 3.55. The van der Waals surface area contributed by atoms with Crippen molar-refractivity contribution in [3.05, 3.63) is 72.7 Å². The van der Waals surface area contributed by atoms with Crippen LogP contribution in [-0.4, -0.2) is 50.9 Å². The maximum atomic E-state index is 12.7. The van der Waals surface area contributed by atoms with Gasteiger partial charge in [0.05, 0.1) is 35.0 Å².